The highest BCUT2D eigenvalue weighted by Gasteiger charge is 2.62. The summed E-state index contributed by atoms with van der Waals surface area (Å²) in [7, 11) is 0. The molecule has 0 radical (unpaired) electrons. The molecule has 0 fully saturated rings. The third kappa shape index (κ3) is 5.64. The van der Waals surface area contributed by atoms with E-state index in [1.165, 1.54) is 0 Å². The van der Waals surface area contributed by atoms with Crippen LogP contribution in [0.1, 0.15) is 20.3 Å². The number of rotatable bonds is 6. The number of hydrogen-bond acceptors (Lipinski definition) is 4. The van der Waals surface area contributed by atoms with Gasteiger partial charge in [0, 0.05) is 5.57 Å². The molecule has 0 saturated carbocycles. The SMILES string of the molecule is C=C(C)C(=O)OC(CC)C(F)(F)C(=O)OC(C(F)(F)F)C(F)(F)F. The van der Waals surface area contributed by atoms with Gasteiger partial charge in [-0.25, -0.2) is 9.59 Å². The Bertz CT molecular complexity index is 480. The summed E-state index contributed by atoms with van der Waals surface area (Å²) in [6.45, 7) is 5.06. The molecule has 4 nitrogen and oxygen atoms in total. The van der Waals surface area contributed by atoms with Crippen LogP contribution in [0.2, 0.25) is 0 Å². The van der Waals surface area contributed by atoms with E-state index >= 15 is 0 Å². The van der Waals surface area contributed by atoms with E-state index in [2.05, 4.69) is 16.1 Å². The fourth-order valence-electron chi connectivity index (χ4n) is 1.28. The number of carbonyl (C=O) groups excluding carboxylic acids is 2. The zero-order valence-electron chi connectivity index (χ0n) is 12.2. The molecule has 0 aromatic rings. The average Bonchev–Trinajstić information content (AvgIpc) is 2.38. The summed E-state index contributed by atoms with van der Waals surface area (Å²) in [5, 5.41) is 0. The smallest absolute Gasteiger partial charge is 0.434 e. The van der Waals surface area contributed by atoms with Crippen LogP contribution in [0.15, 0.2) is 12.2 Å². The summed E-state index contributed by atoms with van der Waals surface area (Å²) in [6.07, 6.45) is -20.5. The van der Waals surface area contributed by atoms with E-state index in [-0.39, 0.29) is 5.57 Å². The Hall–Kier alpha value is -1.88. The predicted molar refractivity (Wildman–Crippen MR) is 61.9 cm³/mol. The largest absolute Gasteiger partial charge is 0.452 e. The van der Waals surface area contributed by atoms with Crippen LogP contribution in [0.4, 0.5) is 35.1 Å². The van der Waals surface area contributed by atoms with Gasteiger partial charge in [0.2, 0.25) is 0 Å². The van der Waals surface area contributed by atoms with Crippen molar-refractivity contribution in [2.75, 3.05) is 0 Å². The summed E-state index contributed by atoms with van der Waals surface area (Å²) < 4.78 is 108. The van der Waals surface area contributed by atoms with Crippen molar-refractivity contribution in [2.45, 2.75) is 50.8 Å². The van der Waals surface area contributed by atoms with Crippen molar-refractivity contribution in [2.24, 2.45) is 0 Å². The molecule has 0 heterocycles. The number of halogens is 8. The van der Waals surface area contributed by atoms with Gasteiger partial charge < -0.3 is 9.47 Å². The molecule has 140 valence electrons. The Morgan fingerprint density at radius 2 is 1.38 bits per heavy atom. The van der Waals surface area contributed by atoms with Gasteiger partial charge >= 0.3 is 30.2 Å². The molecular formula is C12H12F8O4. The highest BCUT2D eigenvalue weighted by molar-refractivity contribution is 5.87. The molecule has 1 unspecified atom stereocenters. The van der Waals surface area contributed by atoms with Crippen LogP contribution < -0.4 is 0 Å². The molecule has 0 saturated heterocycles. The molecule has 0 aromatic carbocycles. The quantitative estimate of drug-likeness (QED) is 0.407. The van der Waals surface area contributed by atoms with Gasteiger partial charge in [-0.15, -0.1) is 0 Å². The van der Waals surface area contributed by atoms with Crippen molar-refractivity contribution in [3.8, 4) is 0 Å². The summed E-state index contributed by atoms with van der Waals surface area (Å²) in [6, 6.07) is 0. The van der Waals surface area contributed by atoms with E-state index in [1.54, 1.807) is 0 Å². The highest BCUT2D eigenvalue weighted by atomic mass is 19.4. The number of alkyl halides is 8. The van der Waals surface area contributed by atoms with E-state index in [0.717, 1.165) is 13.8 Å². The molecule has 0 spiro atoms. The highest BCUT2D eigenvalue weighted by Crippen LogP contribution is 2.37. The summed E-state index contributed by atoms with van der Waals surface area (Å²) in [4.78, 5) is 22.3. The van der Waals surface area contributed by atoms with Gasteiger partial charge in [0.15, 0.2) is 6.10 Å². The van der Waals surface area contributed by atoms with Crippen LogP contribution in [0, 0.1) is 0 Å². The predicted octanol–water partition coefficient (Wildman–Crippen LogP) is 3.56. The normalized spacial score (nSPS) is 14.3. The summed E-state index contributed by atoms with van der Waals surface area (Å²) >= 11 is 0. The van der Waals surface area contributed by atoms with E-state index in [1.807, 2.05) is 0 Å². The minimum absolute atomic E-state index is 0.374. The monoisotopic (exact) mass is 372 g/mol. The zero-order chi connectivity index (χ0) is 19.5. The lowest BCUT2D eigenvalue weighted by Crippen LogP contribution is -2.52. The molecule has 1 atom stereocenters. The second kappa shape index (κ2) is 7.34. The van der Waals surface area contributed by atoms with Crippen LogP contribution in [0.25, 0.3) is 0 Å². The molecular weight excluding hydrogens is 360 g/mol. The van der Waals surface area contributed by atoms with Gasteiger partial charge in [0.1, 0.15) is 0 Å². The maximum Gasteiger partial charge on any atom is 0.434 e. The van der Waals surface area contributed by atoms with Gasteiger partial charge in [-0.1, -0.05) is 13.5 Å². The summed E-state index contributed by atoms with van der Waals surface area (Å²) in [5.74, 6) is -9.46. The fourth-order valence-corrected chi connectivity index (χ4v) is 1.28. The van der Waals surface area contributed by atoms with Crippen LogP contribution >= 0.6 is 0 Å². The molecule has 0 aliphatic heterocycles. The Kier molecular flexibility index (Phi) is 6.77. The van der Waals surface area contributed by atoms with Crippen molar-refractivity contribution in [1.29, 1.82) is 0 Å². The van der Waals surface area contributed by atoms with Crippen LogP contribution in [0.3, 0.4) is 0 Å². The molecule has 0 amide bonds. The average molecular weight is 372 g/mol. The van der Waals surface area contributed by atoms with E-state index in [9.17, 15) is 44.7 Å². The van der Waals surface area contributed by atoms with Gasteiger partial charge in [0.05, 0.1) is 0 Å². The van der Waals surface area contributed by atoms with Gasteiger partial charge in [-0.05, 0) is 13.3 Å². The molecule has 0 rings (SSSR count). The lowest BCUT2D eigenvalue weighted by Gasteiger charge is -2.28. The molecule has 0 aliphatic carbocycles. The topological polar surface area (TPSA) is 52.6 Å². The molecule has 0 bridgehead atoms. The molecule has 0 N–H and O–H groups in total. The first kappa shape index (κ1) is 22.1. The van der Waals surface area contributed by atoms with Crippen molar-refractivity contribution in [1.82, 2.24) is 0 Å². The Morgan fingerprint density at radius 3 is 1.67 bits per heavy atom. The van der Waals surface area contributed by atoms with E-state index in [4.69, 9.17) is 0 Å². The Morgan fingerprint density at radius 1 is 0.958 bits per heavy atom. The van der Waals surface area contributed by atoms with Crippen LogP contribution in [0.5, 0.6) is 0 Å². The van der Waals surface area contributed by atoms with Crippen molar-refractivity contribution >= 4 is 11.9 Å². The number of esters is 2. The van der Waals surface area contributed by atoms with Crippen molar-refractivity contribution in [3.05, 3.63) is 12.2 Å². The number of ether oxygens (including phenoxy) is 2. The second-order valence-electron chi connectivity index (χ2n) is 4.57. The zero-order valence-corrected chi connectivity index (χ0v) is 12.2. The lowest BCUT2D eigenvalue weighted by atomic mass is 10.1. The first-order chi connectivity index (χ1) is 10.5. The molecule has 24 heavy (non-hydrogen) atoms. The van der Waals surface area contributed by atoms with E-state index in [0.29, 0.717) is 0 Å². The molecule has 0 aromatic heterocycles. The van der Waals surface area contributed by atoms with Crippen molar-refractivity contribution in [3.63, 3.8) is 0 Å². The fraction of sp³-hybridized carbons (Fsp3) is 0.667. The second-order valence-corrected chi connectivity index (χ2v) is 4.57. The standard InChI is InChI=1S/C12H12F8O4/c1-4-6(23-7(21)5(2)3)10(13,14)9(22)24-8(11(15,16)17)12(18,19)20/h6,8H,2,4H2,1,3H3. The van der Waals surface area contributed by atoms with Crippen LogP contribution in [-0.4, -0.2) is 42.4 Å². The minimum Gasteiger partial charge on any atom is -0.452 e. The summed E-state index contributed by atoms with van der Waals surface area (Å²) in [5.41, 5.74) is -0.374. The molecule has 12 heteroatoms. The van der Waals surface area contributed by atoms with Crippen molar-refractivity contribution < 1.29 is 54.2 Å². The van der Waals surface area contributed by atoms with Gasteiger partial charge in [-0.3, -0.25) is 0 Å². The molecule has 0 aliphatic rings. The number of hydrogen-bond donors (Lipinski definition) is 0. The third-order valence-corrected chi connectivity index (χ3v) is 2.46. The first-order valence-electron chi connectivity index (χ1n) is 6.13. The third-order valence-electron chi connectivity index (χ3n) is 2.46. The van der Waals surface area contributed by atoms with Gasteiger partial charge in [0.25, 0.3) is 6.10 Å². The Labute approximate surface area is 130 Å². The Balaban J connectivity index is 5.42. The number of carbonyl (C=O) groups is 2. The van der Waals surface area contributed by atoms with Gasteiger partial charge in [-0.2, -0.15) is 35.1 Å². The maximum absolute atomic E-state index is 13.7. The minimum atomic E-state index is -6.15. The van der Waals surface area contributed by atoms with E-state index < -0.39 is 48.8 Å². The van der Waals surface area contributed by atoms with Crippen LogP contribution in [-0.2, 0) is 19.1 Å². The maximum atomic E-state index is 13.7. The first-order valence-corrected chi connectivity index (χ1v) is 6.13. The lowest BCUT2D eigenvalue weighted by molar-refractivity contribution is -0.319.